The number of rotatable bonds is 6. The summed E-state index contributed by atoms with van der Waals surface area (Å²) in [5, 5.41) is 0.662. The summed E-state index contributed by atoms with van der Waals surface area (Å²) in [6.07, 6.45) is 0.840. The summed E-state index contributed by atoms with van der Waals surface area (Å²) in [6, 6.07) is 15.4. The maximum atomic E-state index is 12.9. The summed E-state index contributed by atoms with van der Waals surface area (Å²) >= 11 is 6.02. The fraction of sp³-hybridized carbons (Fsp3) is 0.316. The molecule has 0 fully saturated rings. The van der Waals surface area contributed by atoms with Gasteiger partial charge in [0.05, 0.1) is 0 Å². The van der Waals surface area contributed by atoms with Gasteiger partial charge in [-0.25, -0.2) is 0 Å². The molecule has 2 N–H and O–H groups in total. The monoisotopic (exact) mass is 344 g/mol. The molecule has 4 nitrogen and oxygen atoms in total. The lowest BCUT2D eigenvalue weighted by Crippen LogP contribution is -2.41. The molecule has 1 unspecified atom stereocenters. The van der Waals surface area contributed by atoms with Crippen molar-refractivity contribution in [2.45, 2.75) is 25.5 Å². The van der Waals surface area contributed by atoms with Gasteiger partial charge in [0.15, 0.2) is 6.10 Å². The Balaban J connectivity index is 1.72. The number of hydrogen-bond donors (Lipinski definition) is 1. The Morgan fingerprint density at radius 3 is 2.79 bits per heavy atom. The van der Waals surface area contributed by atoms with Gasteiger partial charge in [-0.3, -0.25) is 4.79 Å². The molecule has 1 heterocycles. The first-order chi connectivity index (χ1) is 11.7. The minimum Gasteiger partial charge on any atom is -0.480 e. The highest BCUT2D eigenvalue weighted by atomic mass is 35.5. The van der Waals surface area contributed by atoms with Gasteiger partial charge in [0, 0.05) is 24.5 Å². The van der Waals surface area contributed by atoms with E-state index in [9.17, 15) is 4.79 Å². The lowest BCUT2D eigenvalue weighted by molar-refractivity contribution is -0.138. The molecular weight excluding hydrogens is 324 g/mol. The largest absolute Gasteiger partial charge is 0.480 e. The Labute approximate surface area is 147 Å². The lowest BCUT2D eigenvalue weighted by Gasteiger charge is -2.25. The molecule has 1 atom stereocenters. The standard InChI is InChI=1S/C19H21ClN2O2/c20-16-7-8-17-15(11-16)12-18(24-17)19(23)22(10-4-9-21)13-14-5-2-1-3-6-14/h1-3,5-8,11,18H,4,9-10,12-13,21H2. The SMILES string of the molecule is NCCCN(Cc1ccccc1)C(=O)C1Cc2cc(Cl)ccc2O1. The van der Waals surface area contributed by atoms with E-state index in [-0.39, 0.29) is 5.91 Å². The van der Waals surface area contributed by atoms with E-state index in [0.29, 0.717) is 31.1 Å². The minimum atomic E-state index is -0.486. The van der Waals surface area contributed by atoms with Crippen molar-refractivity contribution in [1.29, 1.82) is 0 Å². The van der Waals surface area contributed by atoms with Crippen molar-refractivity contribution in [1.82, 2.24) is 4.90 Å². The summed E-state index contributed by atoms with van der Waals surface area (Å²) in [4.78, 5) is 14.8. The van der Waals surface area contributed by atoms with E-state index >= 15 is 0 Å². The summed E-state index contributed by atoms with van der Waals surface area (Å²) in [6.45, 7) is 1.75. The molecule has 2 aromatic rings. The van der Waals surface area contributed by atoms with Gasteiger partial charge in [-0.05, 0) is 42.3 Å². The van der Waals surface area contributed by atoms with E-state index in [0.717, 1.165) is 23.3 Å². The van der Waals surface area contributed by atoms with E-state index in [4.69, 9.17) is 22.1 Å². The van der Waals surface area contributed by atoms with E-state index in [1.165, 1.54) is 0 Å². The lowest BCUT2D eigenvalue weighted by atomic mass is 10.1. The molecule has 0 saturated heterocycles. The third-order valence-corrected chi connectivity index (χ3v) is 4.37. The molecule has 0 radical (unpaired) electrons. The fourth-order valence-electron chi connectivity index (χ4n) is 2.91. The first-order valence-electron chi connectivity index (χ1n) is 8.15. The number of benzene rings is 2. The van der Waals surface area contributed by atoms with Crippen molar-refractivity contribution in [2.75, 3.05) is 13.1 Å². The Hall–Kier alpha value is -2.04. The Morgan fingerprint density at radius 2 is 2.04 bits per heavy atom. The predicted molar refractivity (Wildman–Crippen MR) is 95.1 cm³/mol. The third-order valence-electron chi connectivity index (χ3n) is 4.13. The Morgan fingerprint density at radius 1 is 1.25 bits per heavy atom. The van der Waals surface area contributed by atoms with Gasteiger partial charge in [-0.2, -0.15) is 0 Å². The predicted octanol–water partition coefficient (Wildman–Crippen LogP) is 3.02. The van der Waals surface area contributed by atoms with Crippen molar-refractivity contribution in [3.05, 3.63) is 64.7 Å². The number of amides is 1. The van der Waals surface area contributed by atoms with Crippen LogP contribution in [0, 0.1) is 0 Å². The van der Waals surface area contributed by atoms with Gasteiger partial charge in [0.1, 0.15) is 5.75 Å². The number of nitrogens with zero attached hydrogens (tertiary/aromatic N) is 1. The number of halogens is 1. The van der Waals surface area contributed by atoms with Crippen LogP contribution in [0.2, 0.25) is 5.02 Å². The second-order valence-electron chi connectivity index (χ2n) is 5.95. The molecule has 3 rings (SSSR count). The van der Waals surface area contributed by atoms with Crippen molar-refractivity contribution < 1.29 is 9.53 Å². The second kappa shape index (κ2) is 7.69. The zero-order chi connectivity index (χ0) is 16.9. The molecule has 1 aliphatic heterocycles. The molecule has 2 aromatic carbocycles. The average molecular weight is 345 g/mol. The highest BCUT2D eigenvalue weighted by Gasteiger charge is 2.32. The van der Waals surface area contributed by atoms with Gasteiger partial charge < -0.3 is 15.4 Å². The summed E-state index contributed by atoms with van der Waals surface area (Å²) in [5.74, 6) is 0.746. The zero-order valence-electron chi connectivity index (χ0n) is 13.5. The van der Waals surface area contributed by atoms with Gasteiger partial charge in [0.2, 0.25) is 0 Å². The van der Waals surface area contributed by atoms with E-state index < -0.39 is 6.10 Å². The van der Waals surface area contributed by atoms with Gasteiger partial charge in [-0.15, -0.1) is 0 Å². The topological polar surface area (TPSA) is 55.6 Å². The Bertz CT molecular complexity index is 706. The van der Waals surface area contributed by atoms with Crippen LogP contribution in [0.4, 0.5) is 0 Å². The van der Waals surface area contributed by atoms with Crippen LogP contribution in [0.15, 0.2) is 48.5 Å². The van der Waals surface area contributed by atoms with Crippen LogP contribution in [0.3, 0.4) is 0 Å². The third kappa shape index (κ3) is 3.89. The molecule has 1 aliphatic rings. The summed E-state index contributed by atoms with van der Waals surface area (Å²) in [7, 11) is 0. The van der Waals surface area contributed by atoms with Crippen molar-refractivity contribution in [2.24, 2.45) is 5.73 Å². The molecule has 1 amide bonds. The highest BCUT2D eigenvalue weighted by Crippen LogP contribution is 2.31. The van der Waals surface area contributed by atoms with E-state index in [1.54, 1.807) is 6.07 Å². The smallest absolute Gasteiger partial charge is 0.264 e. The van der Waals surface area contributed by atoms with Gasteiger partial charge in [-0.1, -0.05) is 41.9 Å². The number of carbonyl (C=O) groups excluding carboxylic acids is 1. The summed E-state index contributed by atoms with van der Waals surface area (Å²) < 4.78 is 5.84. The maximum Gasteiger partial charge on any atom is 0.264 e. The van der Waals surface area contributed by atoms with Gasteiger partial charge in [0.25, 0.3) is 5.91 Å². The summed E-state index contributed by atoms with van der Waals surface area (Å²) in [5.41, 5.74) is 7.71. The Kier molecular flexibility index (Phi) is 5.38. The quantitative estimate of drug-likeness (QED) is 0.876. The molecule has 0 bridgehead atoms. The van der Waals surface area contributed by atoms with Crippen LogP contribution in [0.5, 0.6) is 5.75 Å². The van der Waals surface area contributed by atoms with Crippen LogP contribution < -0.4 is 10.5 Å². The fourth-order valence-corrected chi connectivity index (χ4v) is 3.11. The molecule has 0 aliphatic carbocycles. The average Bonchev–Trinajstić information content (AvgIpc) is 3.02. The second-order valence-corrected chi connectivity index (χ2v) is 6.39. The van der Waals surface area contributed by atoms with Crippen molar-refractivity contribution >= 4 is 17.5 Å². The van der Waals surface area contributed by atoms with Crippen LogP contribution in [0.25, 0.3) is 0 Å². The van der Waals surface area contributed by atoms with Gasteiger partial charge >= 0.3 is 0 Å². The zero-order valence-corrected chi connectivity index (χ0v) is 14.2. The first-order valence-corrected chi connectivity index (χ1v) is 8.53. The number of hydrogen-bond acceptors (Lipinski definition) is 3. The van der Waals surface area contributed by atoms with Crippen molar-refractivity contribution in [3.8, 4) is 5.75 Å². The molecular formula is C19H21ClN2O2. The molecule has 0 saturated carbocycles. The van der Waals surface area contributed by atoms with Crippen LogP contribution in [-0.2, 0) is 17.8 Å². The molecule has 0 spiro atoms. The maximum absolute atomic E-state index is 12.9. The number of fused-ring (bicyclic) bond motifs is 1. The molecule has 5 heteroatoms. The highest BCUT2D eigenvalue weighted by molar-refractivity contribution is 6.30. The van der Waals surface area contributed by atoms with Crippen LogP contribution in [-0.4, -0.2) is 30.0 Å². The number of ether oxygens (including phenoxy) is 1. The number of nitrogens with two attached hydrogens (primary N) is 1. The van der Waals surface area contributed by atoms with Crippen molar-refractivity contribution in [3.63, 3.8) is 0 Å². The number of carbonyl (C=O) groups is 1. The van der Waals surface area contributed by atoms with E-state index in [1.807, 2.05) is 47.4 Å². The van der Waals surface area contributed by atoms with E-state index in [2.05, 4.69) is 0 Å². The van der Waals surface area contributed by atoms with Crippen LogP contribution in [0.1, 0.15) is 17.5 Å². The molecule has 126 valence electrons. The molecule has 24 heavy (non-hydrogen) atoms. The minimum absolute atomic E-state index is 0.000347. The van der Waals surface area contributed by atoms with Crippen LogP contribution >= 0.6 is 11.6 Å². The molecule has 0 aromatic heterocycles. The first kappa shape index (κ1) is 16.8. The normalized spacial score (nSPS) is 15.7.